The fourth-order valence-corrected chi connectivity index (χ4v) is 1.82. The Morgan fingerprint density at radius 2 is 2.00 bits per heavy atom. The third-order valence-corrected chi connectivity index (χ3v) is 2.83. The van der Waals surface area contributed by atoms with Gasteiger partial charge < -0.3 is 20.0 Å². The number of hydrogen-bond acceptors (Lipinski definition) is 5. The Kier molecular flexibility index (Phi) is 3.72. The predicted octanol–water partition coefficient (Wildman–Crippen LogP) is 1.80. The van der Waals surface area contributed by atoms with Crippen molar-refractivity contribution in [3.8, 4) is 0 Å². The quantitative estimate of drug-likeness (QED) is 0.818. The Bertz CT molecular complexity index is 521. The van der Waals surface area contributed by atoms with Crippen LogP contribution < -0.4 is 10.6 Å². The third kappa shape index (κ3) is 2.92. The fourth-order valence-electron chi connectivity index (χ4n) is 1.82. The summed E-state index contributed by atoms with van der Waals surface area (Å²) in [6.45, 7) is 1.97. The van der Waals surface area contributed by atoms with E-state index in [0.717, 1.165) is 30.6 Å². The monoisotopic (exact) mass is 248 g/mol. The molecule has 1 aromatic heterocycles. The predicted molar refractivity (Wildman–Crippen MR) is 74.9 cm³/mol. The van der Waals surface area contributed by atoms with E-state index < -0.39 is 0 Å². The second-order valence-electron chi connectivity index (χ2n) is 4.80. The third-order valence-electron chi connectivity index (χ3n) is 2.83. The minimum Gasteiger partial charge on any atom is -0.423 e. The van der Waals surface area contributed by atoms with E-state index in [-0.39, 0.29) is 0 Å². The Labute approximate surface area is 107 Å². The first-order chi connectivity index (χ1) is 8.56. The lowest BCUT2D eigenvalue weighted by Gasteiger charge is -2.15. The second kappa shape index (κ2) is 5.27. The fraction of sp³-hybridized carbons (Fsp3) is 0.462. The first-order valence-corrected chi connectivity index (χ1v) is 6.08. The van der Waals surface area contributed by atoms with Crippen LogP contribution in [-0.4, -0.2) is 44.1 Å². The zero-order valence-electron chi connectivity index (χ0n) is 11.2. The number of anilines is 2. The molecule has 2 rings (SSSR count). The molecular formula is C13H20N4O. The smallest absolute Gasteiger partial charge is 0.298 e. The highest BCUT2D eigenvalue weighted by Gasteiger charge is 2.10. The van der Waals surface area contributed by atoms with Crippen LogP contribution in [0.15, 0.2) is 22.6 Å². The Morgan fingerprint density at radius 3 is 2.72 bits per heavy atom. The molecule has 0 aliphatic carbocycles. The molecule has 1 heterocycles. The molecule has 0 saturated heterocycles. The summed E-state index contributed by atoms with van der Waals surface area (Å²) < 4.78 is 5.69. The summed E-state index contributed by atoms with van der Waals surface area (Å²) in [6, 6.07) is 6.16. The molecule has 0 amide bonds. The van der Waals surface area contributed by atoms with Crippen LogP contribution in [0, 0.1) is 0 Å². The molecule has 0 saturated carbocycles. The molecule has 2 aromatic rings. The van der Waals surface area contributed by atoms with Gasteiger partial charge in [0, 0.05) is 19.3 Å². The molecule has 0 unspecified atom stereocenters. The van der Waals surface area contributed by atoms with E-state index in [9.17, 15) is 0 Å². The maximum absolute atomic E-state index is 5.72. The highest BCUT2D eigenvalue weighted by Crippen LogP contribution is 2.22. The molecule has 98 valence electrons. The van der Waals surface area contributed by atoms with Gasteiger partial charge >= 0.3 is 0 Å². The van der Waals surface area contributed by atoms with Crippen molar-refractivity contribution >= 4 is 22.8 Å². The number of oxazole rings is 1. The van der Waals surface area contributed by atoms with Crippen molar-refractivity contribution in [2.75, 3.05) is 44.9 Å². The lowest BCUT2D eigenvalue weighted by atomic mass is 10.3. The molecule has 0 spiro atoms. The molecule has 0 aliphatic heterocycles. The van der Waals surface area contributed by atoms with Gasteiger partial charge in [-0.05, 0) is 45.3 Å². The number of rotatable bonds is 5. The molecule has 0 aliphatic rings. The Balaban J connectivity index is 2.06. The van der Waals surface area contributed by atoms with Crippen LogP contribution in [0.4, 0.5) is 11.7 Å². The summed E-state index contributed by atoms with van der Waals surface area (Å²) in [5.74, 6) is 0. The summed E-state index contributed by atoms with van der Waals surface area (Å²) in [6.07, 6.45) is 1.07. The number of hydrogen-bond donors (Lipinski definition) is 1. The minimum atomic E-state index is 0.648. The Morgan fingerprint density at radius 1 is 1.22 bits per heavy atom. The number of nitrogens with two attached hydrogens (primary N) is 1. The van der Waals surface area contributed by atoms with E-state index in [1.54, 1.807) is 0 Å². The number of benzene rings is 1. The van der Waals surface area contributed by atoms with Gasteiger partial charge in [0.1, 0.15) is 5.52 Å². The van der Waals surface area contributed by atoms with E-state index in [2.05, 4.69) is 24.0 Å². The molecule has 18 heavy (non-hydrogen) atoms. The summed E-state index contributed by atoms with van der Waals surface area (Å²) >= 11 is 0. The first kappa shape index (κ1) is 12.7. The van der Waals surface area contributed by atoms with Crippen LogP contribution in [0.3, 0.4) is 0 Å². The maximum atomic E-state index is 5.72. The molecule has 1 aromatic carbocycles. The average Bonchev–Trinajstić information content (AvgIpc) is 2.71. The molecule has 0 fully saturated rings. The van der Waals surface area contributed by atoms with Crippen molar-refractivity contribution in [1.29, 1.82) is 0 Å². The zero-order chi connectivity index (χ0) is 13.1. The standard InChI is InChI=1S/C13H20N4O/c1-16(2)7-4-8-17(3)13-15-11-9-10(14)5-6-12(11)18-13/h5-6,9H,4,7-8,14H2,1-3H3. The van der Waals surface area contributed by atoms with Crippen molar-refractivity contribution in [3.05, 3.63) is 18.2 Å². The highest BCUT2D eigenvalue weighted by atomic mass is 16.4. The largest absolute Gasteiger partial charge is 0.423 e. The van der Waals surface area contributed by atoms with Crippen molar-refractivity contribution in [2.45, 2.75) is 6.42 Å². The van der Waals surface area contributed by atoms with Crippen LogP contribution in [-0.2, 0) is 0 Å². The Hall–Kier alpha value is -1.75. The van der Waals surface area contributed by atoms with E-state index in [4.69, 9.17) is 10.2 Å². The number of fused-ring (bicyclic) bond motifs is 1. The van der Waals surface area contributed by atoms with E-state index in [1.807, 2.05) is 30.1 Å². The minimum absolute atomic E-state index is 0.648. The van der Waals surface area contributed by atoms with Crippen LogP contribution in [0.5, 0.6) is 0 Å². The maximum Gasteiger partial charge on any atom is 0.298 e. The van der Waals surface area contributed by atoms with Crippen molar-refractivity contribution < 1.29 is 4.42 Å². The van der Waals surface area contributed by atoms with Gasteiger partial charge in [0.15, 0.2) is 5.58 Å². The summed E-state index contributed by atoms with van der Waals surface area (Å²) in [5, 5.41) is 0. The van der Waals surface area contributed by atoms with Crippen LogP contribution >= 0.6 is 0 Å². The molecule has 0 bridgehead atoms. The molecule has 5 heteroatoms. The molecule has 0 radical (unpaired) electrons. The summed E-state index contributed by atoms with van der Waals surface area (Å²) in [7, 11) is 6.13. The van der Waals surface area contributed by atoms with E-state index in [0.29, 0.717) is 11.7 Å². The number of nitrogens with zero attached hydrogens (tertiary/aromatic N) is 3. The van der Waals surface area contributed by atoms with Crippen molar-refractivity contribution in [1.82, 2.24) is 9.88 Å². The van der Waals surface area contributed by atoms with Gasteiger partial charge in [-0.15, -0.1) is 0 Å². The topological polar surface area (TPSA) is 58.5 Å². The van der Waals surface area contributed by atoms with Gasteiger partial charge in [-0.3, -0.25) is 0 Å². The van der Waals surface area contributed by atoms with Gasteiger partial charge in [0.05, 0.1) is 0 Å². The van der Waals surface area contributed by atoms with E-state index in [1.165, 1.54) is 0 Å². The van der Waals surface area contributed by atoms with Crippen LogP contribution in [0.2, 0.25) is 0 Å². The number of nitrogen functional groups attached to an aromatic ring is 1. The van der Waals surface area contributed by atoms with Gasteiger partial charge in [-0.2, -0.15) is 4.98 Å². The SMILES string of the molecule is CN(C)CCCN(C)c1nc2cc(N)ccc2o1. The summed E-state index contributed by atoms with van der Waals surface area (Å²) in [4.78, 5) is 8.63. The van der Waals surface area contributed by atoms with Gasteiger partial charge in [-0.1, -0.05) is 0 Å². The first-order valence-electron chi connectivity index (χ1n) is 6.08. The molecule has 2 N–H and O–H groups in total. The molecule has 5 nitrogen and oxygen atoms in total. The van der Waals surface area contributed by atoms with Crippen LogP contribution in [0.25, 0.3) is 11.1 Å². The number of aromatic nitrogens is 1. The average molecular weight is 248 g/mol. The highest BCUT2D eigenvalue weighted by molar-refractivity contribution is 5.78. The van der Waals surface area contributed by atoms with Crippen molar-refractivity contribution in [3.63, 3.8) is 0 Å². The molecule has 0 atom stereocenters. The van der Waals surface area contributed by atoms with Gasteiger partial charge in [-0.25, -0.2) is 0 Å². The van der Waals surface area contributed by atoms with Gasteiger partial charge in [0.25, 0.3) is 6.01 Å². The lowest BCUT2D eigenvalue weighted by molar-refractivity contribution is 0.399. The summed E-state index contributed by atoms with van der Waals surface area (Å²) in [5.41, 5.74) is 8.01. The van der Waals surface area contributed by atoms with Crippen LogP contribution in [0.1, 0.15) is 6.42 Å². The molecular weight excluding hydrogens is 228 g/mol. The second-order valence-corrected chi connectivity index (χ2v) is 4.80. The van der Waals surface area contributed by atoms with Crippen molar-refractivity contribution in [2.24, 2.45) is 0 Å². The zero-order valence-corrected chi connectivity index (χ0v) is 11.2. The van der Waals surface area contributed by atoms with E-state index >= 15 is 0 Å². The lowest BCUT2D eigenvalue weighted by Crippen LogP contribution is -2.23. The normalized spacial score (nSPS) is 11.3. The van der Waals surface area contributed by atoms with Gasteiger partial charge in [0.2, 0.25) is 0 Å².